The molecular weight excluding hydrogens is 358 g/mol. The minimum atomic E-state index is -0.453. The summed E-state index contributed by atoms with van der Waals surface area (Å²) in [5, 5.41) is 11.7. The number of nitrogens with zero attached hydrogens (tertiary/aromatic N) is 1. The molecule has 4 heteroatoms. The van der Waals surface area contributed by atoms with Gasteiger partial charge in [0.05, 0.1) is 0 Å². The summed E-state index contributed by atoms with van der Waals surface area (Å²) in [7, 11) is 0. The molecular formula is C23H28ClNO2. The lowest BCUT2D eigenvalue weighted by molar-refractivity contribution is -0.0585. The van der Waals surface area contributed by atoms with Crippen molar-refractivity contribution in [1.82, 2.24) is 4.90 Å². The number of rotatable bonds is 4. The van der Waals surface area contributed by atoms with Crippen molar-refractivity contribution >= 4 is 11.6 Å². The SMILES string of the molecule is O[C@H]1[C@H](Oc2cccc(Cl)c2)CCC[C@@H]1N1CCC(c2ccccc2)CC1. The Kier molecular flexibility index (Phi) is 6.01. The normalized spacial score (nSPS) is 27.4. The maximum absolute atomic E-state index is 11.0. The van der Waals surface area contributed by atoms with Crippen LogP contribution < -0.4 is 4.74 Å². The summed E-state index contributed by atoms with van der Waals surface area (Å²) >= 11 is 6.06. The van der Waals surface area contributed by atoms with Crippen LogP contribution in [0.5, 0.6) is 5.75 Å². The molecule has 1 aliphatic carbocycles. The standard InChI is InChI=1S/C23H28ClNO2/c24-19-8-4-9-20(16-19)27-22-11-5-10-21(23(22)26)25-14-12-18(13-15-25)17-6-2-1-3-7-17/h1-4,6-9,16,18,21-23,26H,5,10-15H2/t21-,22+,23+/m0/s1. The summed E-state index contributed by atoms with van der Waals surface area (Å²) in [6.45, 7) is 2.09. The van der Waals surface area contributed by atoms with Crippen molar-refractivity contribution in [3.05, 3.63) is 65.2 Å². The molecule has 2 aromatic carbocycles. The number of hydrogen-bond donors (Lipinski definition) is 1. The Morgan fingerprint density at radius 1 is 0.926 bits per heavy atom. The fourth-order valence-corrected chi connectivity index (χ4v) is 4.83. The Morgan fingerprint density at radius 3 is 2.44 bits per heavy atom. The summed E-state index contributed by atoms with van der Waals surface area (Å²) in [4.78, 5) is 2.48. The number of halogens is 1. The van der Waals surface area contributed by atoms with E-state index in [0.717, 1.165) is 50.9 Å². The van der Waals surface area contributed by atoms with Gasteiger partial charge in [-0.3, -0.25) is 4.90 Å². The first kappa shape index (κ1) is 18.8. The van der Waals surface area contributed by atoms with Gasteiger partial charge >= 0.3 is 0 Å². The van der Waals surface area contributed by atoms with Crippen LogP contribution in [0.4, 0.5) is 0 Å². The summed E-state index contributed by atoms with van der Waals surface area (Å²) in [6, 6.07) is 18.5. The Labute approximate surface area is 166 Å². The van der Waals surface area contributed by atoms with E-state index in [1.165, 1.54) is 5.56 Å². The minimum absolute atomic E-state index is 0.158. The smallest absolute Gasteiger partial charge is 0.126 e. The van der Waals surface area contributed by atoms with Gasteiger partial charge in [0, 0.05) is 11.1 Å². The molecule has 1 saturated heterocycles. The average molecular weight is 386 g/mol. The van der Waals surface area contributed by atoms with Crippen LogP contribution in [0.25, 0.3) is 0 Å². The second kappa shape index (κ2) is 8.64. The monoisotopic (exact) mass is 385 g/mol. The summed E-state index contributed by atoms with van der Waals surface area (Å²) < 4.78 is 6.10. The largest absolute Gasteiger partial charge is 0.488 e. The van der Waals surface area contributed by atoms with Crippen molar-refractivity contribution in [3.8, 4) is 5.75 Å². The highest BCUT2D eigenvalue weighted by molar-refractivity contribution is 6.30. The van der Waals surface area contributed by atoms with Crippen molar-refractivity contribution < 1.29 is 9.84 Å². The van der Waals surface area contributed by atoms with Crippen molar-refractivity contribution in [3.63, 3.8) is 0 Å². The van der Waals surface area contributed by atoms with Gasteiger partial charge in [0.2, 0.25) is 0 Å². The van der Waals surface area contributed by atoms with Gasteiger partial charge in [-0.05, 0) is 74.9 Å². The first-order valence-corrected chi connectivity index (χ1v) is 10.5. The molecule has 144 valence electrons. The summed E-state index contributed by atoms with van der Waals surface area (Å²) in [5.74, 6) is 1.39. The first-order valence-electron chi connectivity index (χ1n) is 10.1. The lowest BCUT2D eigenvalue weighted by atomic mass is 9.84. The molecule has 2 aromatic rings. The van der Waals surface area contributed by atoms with Crippen LogP contribution in [0, 0.1) is 0 Å². The molecule has 3 nitrogen and oxygen atoms in total. The van der Waals surface area contributed by atoms with Crippen LogP contribution in [0.3, 0.4) is 0 Å². The topological polar surface area (TPSA) is 32.7 Å². The highest BCUT2D eigenvalue weighted by Gasteiger charge is 2.38. The van der Waals surface area contributed by atoms with E-state index in [1.807, 2.05) is 24.3 Å². The maximum Gasteiger partial charge on any atom is 0.126 e. The van der Waals surface area contributed by atoms with Crippen LogP contribution in [-0.4, -0.2) is 41.3 Å². The molecule has 0 spiro atoms. The minimum Gasteiger partial charge on any atom is -0.488 e. The number of ether oxygens (including phenoxy) is 1. The third-order valence-electron chi connectivity index (χ3n) is 6.12. The number of benzene rings is 2. The summed E-state index contributed by atoms with van der Waals surface area (Å²) in [5.41, 5.74) is 1.45. The van der Waals surface area contributed by atoms with E-state index in [2.05, 4.69) is 35.2 Å². The van der Waals surface area contributed by atoms with Crippen LogP contribution in [0.1, 0.15) is 43.6 Å². The van der Waals surface area contributed by atoms with Gasteiger partial charge in [-0.15, -0.1) is 0 Å². The molecule has 2 fully saturated rings. The molecule has 0 bridgehead atoms. The molecule has 1 aliphatic heterocycles. The summed E-state index contributed by atoms with van der Waals surface area (Å²) in [6.07, 6.45) is 4.74. The van der Waals surface area contributed by atoms with Crippen LogP contribution >= 0.6 is 11.6 Å². The van der Waals surface area contributed by atoms with E-state index in [-0.39, 0.29) is 12.1 Å². The van der Waals surface area contributed by atoms with Crippen molar-refractivity contribution in [1.29, 1.82) is 0 Å². The zero-order valence-corrected chi connectivity index (χ0v) is 16.4. The van der Waals surface area contributed by atoms with Gasteiger partial charge in [0.25, 0.3) is 0 Å². The first-order chi connectivity index (χ1) is 13.2. The zero-order chi connectivity index (χ0) is 18.6. The second-order valence-corrected chi connectivity index (χ2v) is 8.26. The van der Waals surface area contributed by atoms with Gasteiger partial charge in [0.15, 0.2) is 0 Å². The molecule has 27 heavy (non-hydrogen) atoms. The molecule has 1 saturated carbocycles. The van der Waals surface area contributed by atoms with Gasteiger partial charge in [-0.2, -0.15) is 0 Å². The van der Waals surface area contributed by atoms with E-state index in [1.54, 1.807) is 0 Å². The Hall–Kier alpha value is -1.55. The Balaban J connectivity index is 1.36. The van der Waals surface area contributed by atoms with E-state index < -0.39 is 6.10 Å². The van der Waals surface area contributed by atoms with Gasteiger partial charge in [-0.1, -0.05) is 48.0 Å². The number of hydrogen-bond acceptors (Lipinski definition) is 3. The van der Waals surface area contributed by atoms with Crippen molar-refractivity contribution in [2.24, 2.45) is 0 Å². The molecule has 0 radical (unpaired) electrons. The lowest BCUT2D eigenvalue weighted by Gasteiger charge is -2.44. The fourth-order valence-electron chi connectivity index (χ4n) is 4.65. The molecule has 2 aliphatic rings. The predicted octanol–water partition coefficient (Wildman–Crippen LogP) is 4.88. The van der Waals surface area contributed by atoms with Crippen LogP contribution in [0.15, 0.2) is 54.6 Å². The van der Waals surface area contributed by atoms with E-state index >= 15 is 0 Å². The zero-order valence-electron chi connectivity index (χ0n) is 15.6. The van der Waals surface area contributed by atoms with Crippen LogP contribution in [-0.2, 0) is 0 Å². The van der Waals surface area contributed by atoms with Crippen molar-refractivity contribution in [2.75, 3.05) is 13.1 Å². The third-order valence-corrected chi connectivity index (χ3v) is 6.35. The highest BCUT2D eigenvalue weighted by Crippen LogP contribution is 2.33. The molecule has 0 amide bonds. The molecule has 0 aromatic heterocycles. The van der Waals surface area contributed by atoms with Gasteiger partial charge in [-0.25, -0.2) is 0 Å². The number of aliphatic hydroxyl groups excluding tert-OH is 1. The molecule has 1 heterocycles. The van der Waals surface area contributed by atoms with Crippen molar-refractivity contribution in [2.45, 2.75) is 56.3 Å². The Morgan fingerprint density at radius 2 is 1.70 bits per heavy atom. The fraction of sp³-hybridized carbons (Fsp3) is 0.478. The number of aliphatic hydroxyl groups is 1. The molecule has 3 atom stereocenters. The van der Waals surface area contributed by atoms with E-state index in [4.69, 9.17) is 16.3 Å². The number of piperidine rings is 1. The molecule has 1 N–H and O–H groups in total. The molecule has 0 unspecified atom stereocenters. The van der Waals surface area contributed by atoms with E-state index in [9.17, 15) is 5.11 Å². The molecule has 4 rings (SSSR count). The van der Waals surface area contributed by atoms with Crippen LogP contribution in [0.2, 0.25) is 5.02 Å². The number of likely N-dealkylation sites (tertiary alicyclic amines) is 1. The maximum atomic E-state index is 11.0. The third kappa shape index (κ3) is 4.48. The highest BCUT2D eigenvalue weighted by atomic mass is 35.5. The Bertz CT molecular complexity index is 730. The van der Waals surface area contributed by atoms with Gasteiger partial charge < -0.3 is 9.84 Å². The van der Waals surface area contributed by atoms with Gasteiger partial charge in [0.1, 0.15) is 18.0 Å². The quantitative estimate of drug-likeness (QED) is 0.814. The lowest BCUT2D eigenvalue weighted by Crippen LogP contribution is -2.54. The average Bonchev–Trinajstić information content (AvgIpc) is 2.71. The van der Waals surface area contributed by atoms with E-state index in [0.29, 0.717) is 10.9 Å². The predicted molar refractivity (Wildman–Crippen MR) is 110 cm³/mol. The second-order valence-electron chi connectivity index (χ2n) is 7.82.